The van der Waals surface area contributed by atoms with Crippen LogP contribution in [-0.4, -0.2) is 60.9 Å². The van der Waals surface area contributed by atoms with Crippen LogP contribution in [0.5, 0.6) is 0 Å². The number of ether oxygens (including phenoxy) is 3. The molecule has 48 heavy (non-hydrogen) atoms. The monoisotopic (exact) mass is 677 g/mol. The van der Waals surface area contributed by atoms with Gasteiger partial charge < -0.3 is 19.1 Å². The third kappa shape index (κ3) is 25.6. The Balaban J connectivity index is 2.30. The fraction of sp³-hybridized carbons (Fsp3) is 0.850. The van der Waals surface area contributed by atoms with Gasteiger partial charge in [0.25, 0.3) is 0 Å². The molecule has 0 amide bonds. The minimum atomic E-state index is -0.113. The molecule has 0 N–H and O–H groups in total. The van der Waals surface area contributed by atoms with E-state index in [4.69, 9.17) is 14.2 Å². The second-order valence-corrected chi connectivity index (χ2v) is 14.3. The predicted molar refractivity (Wildman–Crippen MR) is 197 cm³/mol. The van der Waals surface area contributed by atoms with Crippen LogP contribution in [0.3, 0.4) is 0 Å². The van der Waals surface area contributed by atoms with Crippen molar-refractivity contribution in [2.75, 3.05) is 26.3 Å². The van der Waals surface area contributed by atoms with Crippen molar-refractivity contribution in [2.45, 2.75) is 182 Å². The summed E-state index contributed by atoms with van der Waals surface area (Å²) < 4.78 is 16.9. The number of unbranched alkanes of at least 4 members (excludes halogenated alkanes) is 8. The maximum absolute atomic E-state index is 12.7. The van der Waals surface area contributed by atoms with Crippen LogP contribution >= 0.6 is 0 Å². The van der Waals surface area contributed by atoms with Crippen molar-refractivity contribution in [3.63, 3.8) is 0 Å². The molecule has 0 spiro atoms. The number of nitrogens with zero attached hydrogens (tertiary/aromatic N) is 2. The molecule has 0 saturated heterocycles. The molecule has 0 aliphatic carbocycles. The first-order valence-electron chi connectivity index (χ1n) is 19.7. The summed E-state index contributed by atoms with van der Waals surface area (Å²) in [5.74, 6) is 0.896. The summed E-state index contributed by atoms with van der Waals surface area (Å²) >= 11 is 0. The number of hydrogen-bond acceptors (Lipinski definition) is 8. The highest BCUT2D eigenvalue weighted by molar-refractivity contribution is 5.85. The van der Waals surface area contributed by atoms with Crippen molar-refractivity contribution in [1.29, 1.82) is 0 Å². The van der Waals surface area contributed by atoms with Crippen LogP contribution in [-0.2, 0) is 28.6 Å². The van der Waals surface area contributed by atoms with E-state index in [1.807, 2.05) is 19.3 Å². The summed E-state index contributed by atoms with van der Waals surface area (Å²) in [6, 6.07) is 0. The maximum atomic E-state index is 12.7. The first-order valence-corrected chi connectivity index (χ1v) is 19.7. The topological polar surface area (TPSA) is 94.5 Å². The molecule has 8 nitrogen and oxygen atoms in total. The lowest BCUT2D eigenvalue weighted by Crippen LogP contribution is -2.27. The highest BCUT2D eigenvalue weighted by Gasteiger charge is 2.16. The SMILES string of the molecule is CCCCC(C)CCC(=O)OCCCCCCC(CCCCCCOC(=O)CCC(C)CCCC)OC(=O)CCCN1C=CN=C(C)C1. The Labute approximate surface area is 294 Å². The van der Waals surface area contributed by atoms with Crippen molar-refractivity contribution in [1.82, 2.24) is 4.90 Å². The van der Waals surface area contributed by atoms with Gasteiger partial charge in [0.05, 0.1) is 19.8 Å². The van der Waals surface area contributed by atoms with Gasteiger partial charge in [-0.25, -0.2) is 0 Å². The van der Waals surface area contributed by atoms with Gasteiger partial charge in [-0.1, -0.05) is 91.9 Å². The van der Waals surface area contributed by atoms with Gasteiger partial charge in [-0.05, 0) is 76.5 Å². The highest BCUT2D eigenvalue weighted by Crippen LogP contribution is 2.18. The van der Waals surface area contributed by atoms with E-state index < -0.39 is 0 Å². The number of aliphatic imine (C=N–C) groups is 1. The minimum Gasteiger partial charge on any atom is -0.466 e. The third-order valence-electron chi connectivity index (χ3n) is 9.28. The number of carbonyl (C=O) groups excluding carboxylic acids is 3. The van der Waals surface area contributed by atoms with E-state index in [1.165, 1.54) is 38.5 Å². The summed E-state index contributed by atoms with van der Waals surface area (Å²) in [7, 11) is 0. The average Bonchev–Trinajstić information content (AvgIpc) is 3.06. The van der Waals surface area contributed by atoms with Crippen LogP contribution in [0.25, 0.3) is 0 Å². The van der Waals surface area contributed by atoms with E-state index in [9.17, 15) is 14.4 Å². The molecule has 0 aromatic heterocycles. The fourth-order valence-electron chi connectivity index (χ4n) is 6.02. The van der Waals surface area contributed by atoms with Crippen LogP contribution in [0, 0.1) is 11.8 Å². The molecule has 0 saturated carbocycles. The largest absolute Gasteiger partial charge is 0.466 e. The van der Waals surface area contributed by atoms with Gasteiger partial charge in [0.15, 0.2) is 0 Å². The summed E-state index contributed by atoms with van der Waals surface area (Å²) in [4.78, 5) is 43.4. The van der Waals surface area contributed by atoms with Crippen molar-refractivity contribution in [2.24, 2.45) is 16.8 Å². The molecule has 1 aliphatic rings. The molecule has 2 unspecified atom stereocenters. The fourth-order valence-corrected chi connectivity index (χ4v) is 6.02. The summed E-state index contributed by atoms with van der Waals surface area (Å²) in [5.41, 5.74) is 1.08. The third-order valence-corrected chi connectivity index (χ3v) is 9.28. The van der Waals surface area contributed by atoms with Crippen LogP contribution in [0.4, 0.5) is 0 Å². The van der Waals surface area contributed by atoms with E-state index in [-0.39, 0.29) is 24.0 Å². The molecule has 0 aromatic carbocycles. The van der Waals surface area contributed by atoms with Crippen LogP contribution in [0.2, 0.25) is 0 Å². The zero-order chi connectivity index (χ0) is 35.2. The average molecular weight is 677 g/mol. The Bertz CT molecular complexity index is 860. The summed E-state index contributed by atoms with van der Waals surface area (Å²) in [5, 5.41) is 0. The van der Waals surface area contributed by atoms with Gasteiger partial charge >= 0.3 is 17.9 Å². The van der Waals surface area contributed by atoms with Gasteiger partial charge in [0.1, 0.15) is 6.10 Å². The van der Waals surface area contributed by atoms with Gasteiger partial charge in [-0.15, -0.1) is 0 Å². The Morgan fingerprint density at radius 3 is 1.69 bits per heavy atom. The molecule has 1 heterocycles. The summed E-state index contributed by atoms with van der Waals surface area (Å²) in [6.07, 6.45) is 24.5. The number of carbonyl (C=O) groups is 3. The molecule has 0 aromatic rings. The first-order chi connectivity index (χ1) is 23.2. The van der Waals surface area contributed by atoms with E-state index >= 15 is 0 Å². The second kappa shape index (κ2) is 29.5. The van der Waals surface area contributed by atoms with Gasteiger partial charge in [0.2, 0.25) is 0 Å². The van der Waals surface area contributed by atoms with Crippen molar-refractivity contribution in [3.05, 3.63) is 12.4 Å². The van der Waals surface area contributed by atoms with Crippen LogP contribution in [0.1, 0.15) is 176 Å². The zero-order valence-electron chi connectivity index (χ0n) is 31.6. The molecule has 0 radical (unpaired) electrons. The minimum absolute atomic E-state index is 0.0678. The lowest BCUT2D eigenvalue weighted by atomic mass is 9.99. The van der Waals surface area contributed by atoms with Crippen molar-refractivity contribution >= 4 is 23.6 Å². The number of rotatable bonds is 31. The molecular weight excluding hydrogens is 604 g/mol. The zero-order valence-corrected chi connectivity index (χ0v) is 31.6. The Hall–Kier alpha value is -2.38. The van der Waals surface area contributed by atoms with Gasteiger partial charge in [-0.2, -0.15) is 0 Å². The first kappa shape index (κ1) is 43.6. The van der Waals surface area contributed by atoms with E-state index in [0.29, 0.717) is 44.3 Å². The lowest BCUT2D eigenvalue weighted by molar-refractivity contribution is -0.150. The highest BCUT2D eigenvalue weighted by atomic mass is 16.5. The molecule has 8 heteroatoms. The standard InChI is InChI=1S/C40H72N2O6/c1-6-8-19-34(3)24-26-38(43)46-31-16-12-10-14-21-37(48-40(45)23-18-29-42-30-28-41-36(5)33-42)22-15-11-13-17-32-47-39(44)27-25-35(4)20-9-7-2/h28,30,34-35,37H,6-27,29,31-33H2,1-5H3. The molecule has 0 fully saturated rings. The Kier molecular flexibility index (Phi) is 26.8. The summed E-state index contributed by atoms with van der Waals surface area (Å²) in [6.45, 7) is 13.5. The molecular formula is C40H72N2O6. The lowest BCUT2D eigenvalue weighted by Gasteiger charge is -2.22. The van der Waals surface area contributed by atoms with Gasteiger partial charge in [-0.3, -0.25) is 19.4 Å². The Morgan fingerprint density at radius 1 is 0.667 bits per heavy atom. The smallest absolute Gasteiger partial charge is 0.306 e. The number of esters is 3. The normalized spacial score (nSPS) is 14.7. The van der Waals surface area contributed by atoms with E-state index in [2.05, 4.69) is 37.6 Å². The molecule has 278 valence electrons. The molecule has 2 atom stereocenters. The number of hydrogen-bond donors (Lipinski definition) is 0. The van der Waals surface area contributed by atoms with E-state index in [1.54, 1.807) is 0 Å². The van der Waals surface area contributed by atoms with Crippen molar-refractivity contribution in [3.8, 4) is 0 Å². The van der Waals surface area contributed by atoms with Crippen molar-refractivity contribution < 1.29 is 28.6 Å². The molecule has 0 bridgehead atoms. The van der Waals surface area contributed by atoms with E-state index in [0.717, 1.165) is 102 Å². The predicted octanol–water partition coefficient (Wildman–Crippen LogP) is 10.1. The van der Waals surface area contributed by atoms with Crippen LogP contribution < -0.4 is 0 Å². The second-order valence-electron chi connectivity index (χ2n) is 14.3. The molecule has 1 rings (SSSR count). The maximum Gasteiger partial charge on any atom is 0.306 e. The van der Waals surface area contributed by atoms with Gasteiger partial charge in [0, 0.05) is 43.9 Å². The molecule has 1 aliphatic heterocycles. The van der Waals surface area contributed by atoms with Crippen LogP contribution in [0.15, 0.2) is 17.4 Å². The Morgan fingerprint density at radius 2 is 1.19 bits per heavy atom. The quantitative estimate of drug-likeness (QED) is 0.0410.